The lowest BCUT2D eigenvalue weighted by molar-refractivity contribution is 0.0140. The summed E-state index contributed by atoms with van der Waals surface area (Å²) in [5, 5.41) is 0. The Morgan fingerprint density at radius 1 is 1.11 bits per heavy atom. The number of hydrogen-bond acceptors (Lipinski definition) is 5. The van der Waals surface area contributed by atoms with Gasteiger partial charge in [-0.1, -0.05) is 0 Å². The molecular formula is C19H26N4O4. The van der Waals surface area contributed by atoms with Crippen LogP contribution in [0.2, 0.25) is 0 Å². The summed E-state index contributed by atoms with van der Waals surface area (Å²) in [7, 11) is 1.54. The van der Waals surface area contributed by atoms with Crippen LogP contribution in [0.5, 0.6) is 5.75 Å². The van der Waals surface area contributed by atoms with Crippen molar-refractivity contribution in [3.63, 3.8) is 0 Å². The van der Waals surface area contributed by atoms with E-state index in [1.807, 2.05) is 32.1 Å². The number of pyridine rings is 1. The smallest absolute Gasteiger partial charge is 0.410 e. The lowest BCUT2D eigenvalue weighted by atomic mass is 10.2. The fourth-order valence-corrected chi connectivity index (χ4v) is 3.05. The number of fused-ring (bicyclic) bond motifs is 1. The highest BCUT2D eigenvalue weighted by Crippen LogP contribution is 2.24. The SMILES string of the molecule is COc1cc2ncc(C)n2cc1C(=O)N1CCN(C(=O)OC(C)(C)C)CC1. The van der Waals surface area contributed by atoms with E-state index in [0.29, 0.717) is 37.5 Å². The second-order valence-corrected chi connectivity index (χ2v) is 7.64. The van der Waals surface area contributed by atoms with Crippen LogP contribution >= 0.6 is 0 Å². The van der Waals surface area contributed by atoms with Gasteiger partial charge in [-0.2, -0.15) is 0 Å². The zero-order valence-electron chi connectivity index (χ0n) is 16.5. The van der Waals surface area contributed by atoms with Crippen molar-refractivity contribution in [3.05, 3.63) is 29.7 Å². The first-order valence-corrected chi connectivity index (χ1v) is 8.98. The van der Waals surface area contributed by atoms with Gasteiger partial charge >= 0.3 is 6.09 Å². The van der Waals surface area contributed by atoms with E-state index in [2.05, 4.69) is 4.98 Å². The fraction of sp³-hybridized carbons (Fsp3) is 0.526. The van der Waals surface area contributed by atoms with Gasteiger partial charge in [0, 0.05) is 50.3 Å². The Labute approximate surface area is 158 Å². The van der Waals surface area contributed by atoms with Gasteiger partial charge in [-0.05, 0) is 27.7 Å². The maximum absolute atomic E-state index is 13.0. The first-order chi connectivity index (χ1) is 12.7. The lowest BCUT2D eigenvalue weighted by Gasteiger charge is -2.35. The van der Waals surface area contributed by atoms with Crippen LogP contribution in [-0.2, 0) is 4.74 Å². The number of amides is 2. The van der Waals surface area contributed by atoms with Crippen LogP contribution in [0.4, 0.5) is 4.79 Å². The van der Waals surface area contributed by atoms with E-state index in [1.54, 1.807) is 35.4 Å². The normalized spacial score (nSPS) is 15.1. The van der Waals surface area contributed by atoms with Crippen molar-refractivity contribution in [2.75, 3.05) is 33.3 Å². The Morgan fingerprint density at radius 3 is 2.33 bits per heavy atom. The van der Waals surface area contributed by atoms with E-state index in [9.17, 15) is 9.59 Å². The minimum atomic E-state index is -0.532. The molecule has 2 aromatic rings. The third kappa shape index (κ3) is 3.99. The average Bonchev–Trinajstić information content (AvgIpc) is 2.99. The molecule has 0 aliphatic carbocycles. The van der Waals surface area contributed by atoms with Crippen LogP contribution in [0.3, 0.4) is 0 Å². The van der Waals surface area contributed by atoms with Gasteiger partial charge in [0.1, 0.15) is 17.0 Å². The highest BCUT2D eigenvalue weighted by molar-refractivity contribution is 5.97. The molecule has 1 saturated heterocycles. The van der Waals surface area contributed by atoms with E-state index in [-0.39, 0.29) is 12.0 Å². The zero-order valence-corrected chi connectivity index (χ0v) is 16.5. The number of carbonyl (C=O) groups is 2. The van der Waals surface area contributed by atoms with Gasteiger partial charge < -0.3 is 23.7 Å². The first-order valence-electron chi connectivity index (χ1n) is 8.98. The summed E-state index contributed by atoms with van der Waals surface area (Å²) in [5.74, 6) is 0.373. The molecular weight excluding hydrogens is 348 g/mol. The number of carbonyl (C=O) groups excluding carboxylic acids is 2. The van der Waals surface area contributed by atoms with Crippen LogP contribution in [0, 0.1) is 6.92 Å². The van der Waals surface area contributed by atoms with Gasteiger partial charge in [0.25, 0.3) is 5.91 Å². The quantitative estimate of drug-likeness (QED) is 0.806. The Kier molecular flexibility index (Phi) is 4.99. The van der Waals surface area contributed by atoms with Gasteiger partial charge in [-0.15, -0.1) is 0 Å². The molecule has 146 valence electrons. The number of aryl methyl sites for hydroxylation is 1. The molecule has 27 heavy (non-hydrogen) atoms. The molecule has 0 N–H and O–H groups in total. The lowest BCUT2D eigenvalue weighted by Crippen LogP contribution is -2.51. The number of piperazine rings is 1. The van der Waals surface area contributed by atoms with Crippen LogP contribution in [0.25, 0.3) is 5.65 Å². The number of ether oxygens (including phenoxy) is 2. The topological polar surface area (TPSA) is 76.4 Å². The fourth-order valence-electron chi connectivity index (χ4n) is 3.05. The van der Waals surface area contributed by atoms with Crippen molar-refractivity contribution in [1.82, 2.24) is 19.2 Å². The summed E-state index contributed by atoms with van der Waals surface area (Å²) >= 11 is 0. The molecule has 3 heterocycles. The van der Waals surface area contributed by atoms with Crippen molar-refractivity contribution in [3.8, 4) is 5.75 Å². The minimum absolute atomic E-state index is 0.120. The van der Waals surface area contributed by atoms with Crippen molar-refractivity contribution in [2.24, 2.45) is 0 Å². The van der Waals surface area contributed by atoms with Crippen molar-refractivity contribution >= 4 is 17.6 Å². The minimum Gasteiger partial charge on any atom is -0.496 e. The number of methoxy groups -OCH3 is 1. The average molecular weight is 374 g/mol. The maximum Gasteiger partial charge on any atom is 0.410 e. The zero-order chi connectivity index (χ0) is 19.8. The third-order valence-corrected chi connectivity index (χ3v) is 4.46. The van der Waals surface area contributed by atoms with Crippen LogP contribution in [0.15, 0.2) is 18.5 Å². The first kappa shape index (κ1) is 19.0. The molecule has 0 atom stereocenters. The Morgan fingerprint density at radius 2 is 1.74 bits per heavy atom. The Bertz CT molecular complexity index is 860. The molecule has 1 fully saturated rings. The second kappa shape index (κ2) is 7.09. The van der Waals surface area contributed by atoms with Crippen molar-refractivity contribution in [2.45, 2.75) is 33.3 Å². The molecule has 1 aliphatic rings. The number of nitrogens with zero attached hydrogens (tertiary/aromatic N) is 4. The summed E-state index contributed by atoms with van der Waals surface area (Å²) < 4.78 is 12.7. The van der Waals surface area contributed by atoms with Gasteiger partial charge in [-0.3, -0.25) is 4.79 Å². The van der Waals surface area contributed by atoms with Gasteiger partial charge in [-0.25, -0.2) is 9.78 Å². The summed E-state index contributed by atoms with van der Waals surface area (Å²) in [6, 6.07) is 1.76. The van der Waals surface area contributed by atoms with Gasteiger partial charge in [0.15, 0.2) is 0 Å². The maximum atomic E-state index is 13.0. The van der Waals surface area contributed by atoms with E-state index >= 15 is 0 Å². The molecule has 0 bridgehead atoms. The highest BCUT2D eigenvalue weighted by Gasteiger charge is 2.29. The molecule has 1 aliphatic heterocycles. The van der Waals surface area contributed by atoms with Gasteiger partial charge in [0.05, 0.1) is 12.7 Å². The van der Waals surface area contributed by atoms with Crippen LogP contribution in [-0.4, -0.2) is 70.1 Å². The van der Waals surface area contributed by atoms with Crippen LogP contribution in [0.1, 0.15) is 36.8 Å². The number of rotatable bonds is 2. The van der Waals surface area contributed by atoms with Crippen LogP contribution < -0.4 is 4.74 Å². The van der Waals surface area contributed by atoms with E-state index in [1.165, 1.54) is 0 Å². The standard InChI is InChI=1S/C19H26N4O4/c1-13-11-20-16-10-15(26-5)14(12-23(13)16)17(24)21-6-8-22(9-7-21)18(25)27-19(2,3)4/h10-12H,6-9H2,1-5H3. The Hall–Kier alpha value is -2.77. The third-order valence-electron chi connectivity index (χ3n) is 4.46. The molecule has 2 amide bonds. The summed E-state index contributed by atoms with van der Waals surface area (Å²) in [6.07, 6.45) is 3.17. The monoisotopic (exact) mass is 374 g/mol. The number of hydrogen-bond donors (Lipinski definition) is 0. The largest absolute Gasteiger partial charge is 0.496 e. The Balaban J connectivity index is 1.73. The van der Waals surface area contributed by atoms with Crippen molar-refractivity contribution in [1.29, 1.82) is 0 Å². The van der Waals surface area contributed by atoms with E-state index in [4.69, 9.17) is 9.47 Å². The predicted molar refractivity (Wildman–Crippen MR) is 100 cm³/mol. The van der Waals surface area contributed by atoms with Crippen molar-refractivity contribution < 1.29 is 19.1 Å². The molecule has 2 aromatic heterocycles. The molecule has 0 saturated carbocycles. The highest BCUT2D eigenvalue weighted by atomic mass is 16.6. The summed E-state index contributed by atoms with van der Waals surface area (Å²) in [5.41, 5.74) is 1.62. The number of imidazole rings is 1. The molecule has 0 unspecified atom stereocenters. The molecule has 3 rings (SSSR count). The molecule has 8 heteroatoms. The summed E-state index contributed by atoms with van der Waals surface area (Å²) in [6.45, 7) is 9.22. The molecule has 0 aromatic carbocycles. The summed E-state index contributed by atoms with van der Waals surface area (Å²) in [4.78, 5) is 32.9. The second-order valence-electron chi connectivity index (χ2n) is 7.64. The molecule has 8 nitrogen and oxygen atoms in total. The number of aromatic nitrogens is 2. The van der Waals surface area contributed by atoms with E-state index in [0.717, 1.165) is 11.3 Å². The van der Waals surface area contributed by atoms with Gasteiger partial charge in [0.2, 0.25) is 0 Å². The molecule has 0 radical (unpaired) electrons. The predicted octanol–water partition coefficient (Wildman–Crippen LogP) is 2.34. The van der Waals surface area contributed by atoms with E-state index < -0.39 is 5.60 Å². The molecule has 0 spiro atoms.